The lowest BCUT2D eigenvalue weighted by atomic mass is 9.77. The second kappa shape index (κ2) is 14.8. The van der Waals surface area contributed by atoms with Crippen LogP contribution in [-0.2, 0) is 22.6 Å². The molecule has 7 N–H and O–H groups in total. The van der Waals surface area contributed by atoms with E-state index in [1.807, 2.05) is 42.5 Å². The van der Waals surface area contributed by atoms with E-state index in [9.17, 15) is 9.59 Å². The van der Waals surface area contributed by atoms with Crippen molar-refractivity contribution >= 4 is 42.5 Å². The summed E-state index contributed by atoms with van der Waals surface area (Å²) < 4.78 is 0. The Labute approximate surface area is 226 Å². The molecule has 198 valence electrons. The molecule has 2 aromatic carbocycles. The van der Waals surface area contributed by atoms with Gasteiger partial charge in [-0.3, -0.25) is 20.3 Å². The molecular formula is C27H39Cl2N5O2. The van der Waals surface area contributed by atoms with Crippen LogP contribution in [-0.4, -0.2) is 29.2 Å². The molecule has 9 heteroatoms. The van der Waals surface area contributed by atoms with Crippen molar-refractivity contribution in [1.29, 1.82) is 5.41 Å². The highest BCUT2D eigenvalue weighted by Crippen LogP contribution is 2.29. The van der Waals surface area contributed by atoms with E-state index < -0.39 is 17.4 Å². The van der Waals surface area contributed by atoms with Crippen LogP contribution in [0.4, 0.5) is 0 Å². The fraction of sp³-hybridized carbons (Fsp3) is 0.444. The number of carbonyl (C=O) groups is 2. The van der Waals surface area contributed by atoms with Crippen LogP contribution in [0.15, 0.2) is 54.6 Å². The van der Waals surface area contributed by atoms with E-state index in [4.69, 9.17) is 16.9 Å². The third kappa shape index (κ3) is 8.22. The number of amides is 2. The van der Waals surface area contributed by atoms with Crippen LogP contribution in [0, 0.1) is 11.3 Å². The number of nitrogen functional groups attached to an aromatic ring is 1. The number of hydrogen-bond donors (Lipinski definition) is 5. The Morgan fingerprint density at radius 2 is 1.58 bits per heavy atom. The Balaban J connectivity index is 0.00000324. The first-order chi connectivity index (χ1) is 16.3. The Morgan fingerprint density at radius 3 is 2.14 bits per heavy atom. The van der Waals surface area contributed by atoms with Gasteiger partial charge in [-0.05, 0) is 36.8 Å². The average Bonchev–Trinajstić information content (AvgIpc) is 2.86. The summed E-state index contributed by atoms with van der Waals surface area (Å²) in [5, 5.41) is 14.0. The van der Waals surface area contributed by atoms with E-state index in [-0.39, 0.29) is 42.6 Å². The molecule has 1 aliphatic rings. The van der Waals surface area contributed by atoms with Crippen LogP contribution in [0.3, 0.4) is 0 Å². The molecule has 0 saturated heterocycles. The molecule has 0 aromatic heterocycles. The van der Waals surface area contributed by atoms with E-state index in [2.05, 4.69) is 10.6 Å². The van der Waals surface area contributed by atoms with Crippen molar-refractivity contribution in [3.8, 4) is 0 Å². The van der Waals surface area contributed by atoms with Gasteiger partial charge in [0.2, 0.25) is 11.8 Å². The first kappa shape index (κ1) is 31.4. The van der Waals surface area contributed by atoms with Gasteiger partial charge in [0.25, 0.3) is 0 Å². The summed E-state index contributed by atoms with van der Waals surface area (Å²) in [6, 6.07) is 17.3. The second-order valence-corrected chi connectivity index (χ2v) is 9.35. The summed E-state index contributed by atoms with van der Waals surface area (Å²) in [6.07, 6.45) is 6.49. The first-order valence-electron chi connectivity index (χ1n) is 12.1. The van der Waals surface area contributed by atoms with Crippen molar-refractivity contribution < 1.29 is 9.59 Å². The van der Waals surface area contributed by atoms with Gasteiger partial charge >= 0.3 is 0 Å². The number of primary amides is 1. The van der Waals surface area contributed by atoms with Crippen LogP contribution in [0.2, 0.25) is 0 Å². The van der Waals surface area contributed by atoms with Gasteiger partial charge in [0, 0.05) is 18.2 Å². The summed E-state index contributed by atoms with van der Waals surface area (Å²) >= 11 is 0. The minimum absolute atomic E-state index is 0. The molecule has 1 fully saturated rings. The molecule has 0 spiro atoms. The Kier molecular flexibility index (Phi) is 12.9. The van der Waals surface area contributed by atoms with Crippen LogP contribution in [0.1, 0.15) is 62.1 Å². The lowest BCUT2D eigenvalue weighted by Gasteiger charge is -2.41. The molecule has 1 saturated carbocycles. The average molecular weight is 537 g/mol. The third-order valence-corrected chi connectivity index (χ3v) is 7.02. The van der Waals surface area contributed by atoms with E-state index in [0.29, 0.717) is 24.9 Å². The topological polar surface area (TPSA) is 134 Å². The van der Waals surface area contributed by atoms with Gasteiger partial charge in [-0.15, -0.1) is 24.8 Å². The Hall–Kier alpha value is -2.61. The number of rotatable bonds is 11. The molecule has 3 rings (SSSR count). The minimum Gasteiger partial charge on any atom is -0.384 e. The van der Waals surface area contributed by atoms with Crippen LogP contribution in [0.25, 0.3) is 0 Å². The highest BCUT2D eigenvalue weighted by Gasteiger charge is 2.46. The van der Waals surface area contributed by atoms with E-state index in [1.165, 1.54) is 6.42 Å². The Morgan fingerprint density at radius 1 is 0.972 bits per heavy atom. The lowest BCUT2D eigenvalue weighted by molar-refractivity contribution is -0.136. The van der Waals surface area contributed by atoms with Crippen molar-refractivity contribution in [3.63, 3.8) is 0 Å². The van der Waals surface area contributed by atoms with E-state index >= 15 is 0 Å². The van der Waals surface area contributed by atoms with Gasteiger partial charge < -0.3 is 16.8 Å². The minimum atomic E-state index is -1.14. The zero-order valence-electron chi connectivity index (χ0n) is 20.8. The number of hydrogen-bond acceptors (Lipinski definition) is 4. The zero-order valence-corrected chi connectivity index (χ0v) is 22.4. The number of nitrogens with two attached hydrogens (primary N) is 2. The maximum absolute atomic E-state index is 13.3. The number of benzene rings is 2. The van der Waals surface area contributed by atoms with Gasteiger partial charge in [-0.1, -0.05) is 80.8 Å². The summed E-state index contributed by atoms with van der Waals surface area (Å²) in [6.45, 7) is 2.11. The second-order valence-electron chi connectivity index (χ2n) is 9.35. The van der Waals surface area contributed by atoms with Crippen LogP contribution in [0.5, 0.6) is 0 Å². The molecular weight excluding hydrogens is 497 g/mol. The summed E-state index contributed by atoms with van der Waals surface area (Å²) in [5.41, 5.74) is 13.0. The largest absolute Gasteiger partial charge is 0.384 e. The molecule has 7 nitrogen and oxygen atoms in total. The molecule has 0 aliphatic heterocycles. The predicted octanol–water partition coefficient (Wildman–Crippen LogP) is 3.85. The van der Waals surface area contributed by atoms with Crippen molar-refractivity contribution in [1.82, 2.24) is 10.6 Å². The number of aryl methyl sites for hydroxylation is 1. The molecule has 2 amide bonds. The first-order valence-corrected chi connectivity index (χ1v) is 12.1. The summed E-state index contributed by atoms with van der Waals surface area (Å²) in [7, 11) is 0. The number of amidine groups is 1. The maximum Gasteiger partial charge on any atom is 0.238 e. The van der Waals surface area contributed by atoms with Crippen LogP contribution < -0.4 is 22.1 Å². The van der Waals surface area contributed by atoms with E-state index in [1.54, 1.807) is 19.1 Å². The Bertz CT molecular complexity index is 981. The van der Waals surface area contributed by atoms with Crippen molar-refractivity contribution in [2.24, 2.45) is 17.4 Å². The highest BCUT2D eigenvalue weighted by atomic mass is 35.5. The number of halogens is 2. The molecule has 1 unspecified atom stereocenters. The summed E-state index contributed by atoms with van der Waals surface area (Å²) in [5.74, 6) is -1.34. The molecule has 0 radical (unpaired) electrons. The number of carbonyl (C=O) groups excluding carboxylic acids is 2. The zero-order chi connectivity index (χ0) is 24.6. The van der Waals surface area contributed by atoms with E-state index in [0.717, 1.165) is 36.8 Å². The predicted molar refractivity (Wildman–Crippen MR) is 150 cm³/mol. The third-order valence-electron chi connectivity index (χ3n) is 7.02. The number of nitrogens with one attached hydrogen (secondary N) is 3. The maximum atomic E-state index is 13.3. The molecule has 2 aromatic rings. The van der Waals surface area contributed by atoms with Gasteiger partial charge in [0.1, 0.15) is 11.4 Å². The van der Waals surface area contributed by atoms with Crippen LogP contribution >= 0.6 is 24.8 Å². The smallest absolute Gasteiger partial charge is 0.238 e. The SMILES string of the molecule is C[C@H](C(=O)NCc1ccc(C(=N)N)cc1)C(CCc1ccccc1)(NC1CCCCC1)C(N)=O.Cl.Cl. The standard InChI is InChI=1S/C27H37N5O2.2ClH/c1-19(25(33)31-18-21-12-14-22(15-13-21)24(28)29)27(26(30)34,32-23-10-6-3-7-11-23)17-16-20-8-4-2-5-9-20;;/h2,4-5,8-9,12-15,19,23,32H,3,6-7,10-11,16-18H2,1H3,(H3,28,29)(H2,30,34)(H,31,33);2*1H/t19-,27?;;/m1../s1. The fourth-order valence-electron chi connectivity index (χ4n) is 4.79. The monoisotopic (exact) mass is 535 g/mol. The van der Waals surface area contributed by atoms with Gasteiger partial charge in [0.05, 0.1) is 5.92 Å². The quantitative estimate of drug-likeness (QED) is 0.220. The molecule has 0 bridgehead atoms. The van der Waals surface area contributed by atoms with Crippen molar-refractivity contribution in [2.75, 3.05) is 0 Å². The normalized spacial score (nSPS) is 15.9. The summed E-state index contributed by atoms with van der Waals surface area (Å²) in [4.78, 5) is 26.3. The molecule has 1 aliphatic carbocycles. The molecule has 36 heavy (non-hydrogen) atoms. The van der Waals surface area contributed by atoms with Gasteiger partial charge in [0.15, 0.2) is 0 Å². The van der Waals surface area contributed by atoms with Gasteiger partial charge in [-0.25, -0.2) is 0 Å². The van der Waals surface area contributed by atoms with Crippen molar-refractivity contribution in [2.45, 2.75) is 70.0 Å². The van der Waals surface area contributed by atoms with Crippen molar-refractivity contribution in [3.05, 3.63) is 71.3 Å². The lowest BCUT2D eigenvalue weighted by Crippen LogP contribution is -2.65. The molecule has 0 heterocycles. The fourth-order valence-corrected chi connectivity index (χ4v) is 4.79. The highest BCUT2D eigenvalue weighted by molar-refractivity contribution is 5.95. The van der Waals surface area contributed by atoms with Gasteiger partial charge in [-0.2, -0.15) is 0 Å². The molecule has 2 atom stereocenters.